The van der Waals surface area contributed by atoms with Gasteiger partial charge < -0.3 is 9.29 Å². The number of carboxylic acid groups (broad SMARTS) is 1. The zero-order chi connectivity index (χ0) is 14.8. The summed E-state index contributed by atoms with van der Waals surface area (Å²) in [6.45, 7) is -0.401. The molecule has 1 aliphatic rings. The summed E-state index contributed by atoms with van der Waals surface area (Å²) in [4.78, 5) is 22.4. The third-order valence-electron chi connectivity index (χ3n) is 2.52. The second-order valence-electron chi connectivity index (χ2n) is 4.09. The van der Waals surface area contributed by atoms with Crippen LogP contribution >= 0.6 is 0 Å². The molecule has 1 N–H and O–H groups in total. The molecule has 0 spiro atoms. The van der Waals surface area contributed by atoms with Gasteiger partial charge in [0.1, 0.15) is 11.5 Å². The number of benzene rings is 1. The van der Waals surface area contributed by atoms with Crippen LogP contribution in [0.4, 0.5) is 4.79 Å². The van der Waals surface area contributed by atoms with Gasteiger partial charge in [0.15, 0.2) is 0 Å². The van der Waals surface area contributed by atoms with Crippen molar-refractivity contribution in [3.8, 4) is 0 Å². The Labute approximate surface area is 115 Å². The average Bonchev–Trinajstić information content (AvgIpc) is 2.70. The third-order valence-corrected chi connectivity index (χ3v) is 3.67. The lowest BCUT2D eigenvalue weighted by atomic mass is 10.2. The van der Waals surface area contributed by atoms with Gasteiger partial charge in [-0.3, -0.25) is 4.79 Å². The zero-order valence-corrected chi connectivity index (χ0v) is 11.0. The number of rotatable bonds is 4. The highest BCUT2D eigenvalue weighted by molar-refractivity contribution is 7.86. The second kappa shape index (κ2) is 5.33. The number of imide groups is 1. The maximum Gasteiger partial charge on any atom is 0.414 e. The van der Waals surface area contributed by atoms with Crippen LogP contribution in [0.1, 0.15) is 5.56 Å². The number of nitrogens with zero attached hydrogens (tertiary/aromatic N) is 1. The maximum atomic E-state index is 11.8. The summed E-state index contributed by atoms with van der Waals surface area (Å²) in [7, 11) is -3.93. The molecule has 0 aromatic heterocycles. The molecule has 8 heteroatoms. The Balaban J connectivity index is 2.05. The molecule has 106 valence electrons. The van der Waals surface area contributed by atoms with Gasteiger partial charge >= 0.3 is 16.2 Å². The molecule has 2 amide bonds. The van der Waals surface area contributed by atoms with Gasteiger partial charge in [-0.05, 0) is 5.56 Å². The van der Waals surface area contributed by atoms with Crippen LogP contribution in [0.15, 0.2) is 42.2 Å². The number of hydrogen-bond acceptors (Lipinski definition) is 5. The third kappa shape index (κ3) is 3.35. The minimum Gasteiger partial charge on any atom is -0.465 e. The van der Waals surface area contributed by atoms with E-state index in [4.69, 9.17) is 9.29 Å². The highest BCUT2D eigenvalue weighted by Gasteiger charge is 2.30. The van der Waals surface area contributed by atoms with Crippen LogP contribution in [0.25, 0.3) is 0 Å². The first kappa shape index (κ1) is 14.1. The standard InChI is InChI=1S/C12H11NO6S/c14-11-6-10(7-13(11)12(15)16)19-20(17,18)8-9-4-2-1-3-5-9/h1-6H,7-8H2,(H,15,16). The van der Waals surface area contributed by atoms with Crippen molar-refractivity contribution in [2.75, 3.05) is 6.54 Å². The molecule has 1 heterocycles. The Hall–Kier alpha value is -2.35. The van der Waals surface area contributed by atoms with E-state index in [1.807, 2.05) is 0 Å². The first-order valence-electron chi connectivity index (χ1n) is 5.58. The lowest BCUT2D eigenvalue weighted by Crippen LogP contribution is -2.31. The molecule has 2 rings (SSSR count). The second-order valence-corrected chi connectivity index (χ2v) is 5.66. The summed E-state index contributed by atoms with van der Waals surface area (Å²) in [5.74, 6) is -1.37. The number of amides is 2. The molecule has 20 heavy (non-hydrogen) atoms. The largest absolute Gasteiger partial charge is 0.465 e. The van der Waals surface area contributed by atoms with Gasteiger partial charge in [-0.15, -0.1) is 0 Å². The minimum atomic E-state index is -3.93. The topological polar surface area (TPSA) is 101 Å². The molecule has 0 unspecified atom stereocenters. The van der Waals surface area contributed by atoms with Gasteiger partial charge in [0, 0.05) is 6.08 Å². The van der Waals surface area contributed by atoms with Crippen LogP contribution in [0.5, 0.6) is 0 Å². The van der Waals surface area contributed by atoms with Gasteiger partial charge in [-0.2, -0.15) is 8.42 Å². The number of carbonyl (C=O) groups is 2. The summed E-state index contributed by atoms with van der Waals surface area (Å²) in [5.41, 5.74) is 0.535. The summed E-state index contributed by atoms with van der Waals surface area (Å²) < 4.78 is 28.4. The molecule has 0 radical (unpaired) electrons. The summed E-state index contributed by atoms with van der Waals surface area (Å²) in [6, 6.07) is 8.38. The first-order valence-corrected chi connectivity index (χ1v) is 7.16. The normalized spacial score (nSPS) is 15.1. The fourth-order valence-corrected chi connectivity index (χ4v) is 2.76. The van der Waals surface area contributed by atoms with Crippen molar-refractivity contribution < 1.29 is 27.3 Å². The highest BCUT2D eigenvalue weighted by Crippen LogP contribution is 2.17. The average molecular weight is 297 g/mol. The molecule has 1 aromatic carbocycles. The van der Waals surface area contributed by atoms with Gasteiger partial charge in [0.2, 0.25) is 0 Å². The Kier molecular flexibility index (Phi) is 3.75. The Morgan fingerprint density at radius 2 is 1.95 bits per heavy atom. The van der Waals surface area contributed by atoms with Gasteiger partial charge in [-0.1, -0.05) is 30.3 Å². The molecule has 0 aliphatic carbocycles. The van der Waals surface area contributed by atoms with Crippen molar-refractivity contribution >= 4 is 22.1 Å². The maximum absolute atomic E-state index is 11.8. The highest BCUT2D eigenvalue weighted by atomic mass is 32.2. The van der Waals surface area contributed by atoms with Crippen molar-refractivity contribution in [2.24, 2.45) is 0 Å². The minimum absolute atomic E-state index is 0.201. The monoisotopic (exact) mass is 297 g/mol. The summed E-state index contributed by atoms with van der Waals surface area (Å²) in [6.07, 6.45) is -0.596. The molecule has 0 bridgehead atoms. The molecule has 7 nitrogen and oxygen atoms in total. The molecule has 0 fully saturated rings. The lowest BCUT2D eigenvalue weighted by molar-refractivity contribution is -0.122. The van der Waals surface area contributed by atoms with E-state index >= 15 is 0 Å². The lowest BCUT2D eigenvalue weighted by Gasteiger charge is -2.10. The zero-order valence-electron chi connectivity index (χ0n) is 10.2. The van der Waals surface area contributed by atoms with Crippen LogP contribution < -0.4 is 0 Å². The Morgan fingerprint density at radius 3 is 2.50 bits per heavy atom. The molecule has 1 aromatic rings. The van der Waals surface area contributed by atoms with Crippen molar-refractivity contribution in [3.63, 3.8) is 0 Å². The van der Waals surface area contributed by atoms with E-state index in [2.05, 4.69) is 0 Å². The number of hydrogen-bond donors (Lipinski definition) is 1. The van der Waals surface area contributed by atoms with Gasteiger partial charge in [-0.25, -0.2) is 9.69 Å². The predicted octanol–water partition coefficient (Wildman–Crippen LogP) is 0.937. The van der Waals surface area contributed by atoms with Crippen molar-refractivity contribution in [2.45, 2.75) is 5.75 Å². The van der Waals surface area contributed by atoms with E-state index in [0.29, 0.717) is 10.5 Å². The van der Waals surface area contributed by atoms with E-state index in [-0.39, 0.29) is 11.5 Å². The number of carbonyl (C=O) groups excluding carboxylic acids is 1. The molecular formula is C12H11NO6S. The van der Waals surface area contributed by atoms with Gasteiger partial charge in [0.05, 0.1) is 6.54 Å². The molecular weight excluding hydrogens is 286 g/mol. The van der Waals surface area contributed by atoms with Crippen LogP contribution in [0.3, 0.4) is 0 Å². The van der Waals surface area contributed by atoms with E-state index in [9.17, 15) is 18.0 Å². The summed E-state index contributed by atoms with van der Waals surface area (Å²) >= 11 is 0. The van der Waals surface area contributed by atoms with Gasteiger partial charge in [0.25, 0.3) is 5.91 Å². The molecule has 0 saturated heterocycles. The van der Waals surface area contributed by atoms with Crippen LogP contribution in [-0.2, 0) is 24.8 Å². The van der Waals surface area contributed by atoms with Crippen LogP contribution in [-0.4, -0.2) is 37.0 Å². The van der Waals surface area contributed by atoms with Crippen molar-refractivity contribution in [1.29, 1.82) is 0 Å². The van der Waals surface area contributed by atoms with Crippen LogP contribution in [0.2, 0.25) is 0 Å². The predicted molar refractivity (Wildman–Crippen MR) is 68.0 cm³/mol. The molecule has 1 aliphatic heterocycles. The fourth-order valence-electron chi connectivity index (χ4n) is 1.68. The van der Waals surface area contributed by atoms with Crippen LogP contribution in [0, 0.1) is 0 Å². The molecule has 0 saturated carbocycles. The Morgan fingerprint density at radius 1 is 1.30 bits per heavy atom. The fraction of sp³-hybridized carbons (Fsp3) is 0.167. The van der Waals surface area contributed by atoms with E-state index in [0.717, 1.165) is 6.08 Å². The van der Waals surface area contributed by atoms with E-state index in [1.165, 1.54) is 0 Å². The Bertz CT molecular complexity index is 664. The quantitative estimate of drug-likeness (QED) is 0.830. The van der Waals surface area contributed by atoms with E-state index in [1.54, 1.807) is 30.3 Å². The molecule has 0 atom stereocenters. The summed E-state index contributed by atoms with van der Waals surface area (Å²) in [5, 5.41) is 8.70. The SMILES string of the molecule is O=C(O)N1CC(OS(=O)(=O)Cc2ccccc2)=CC1=O. The van der Waals surface area contributed by atoms with Crippen molar-refractivity contribution in [1.82, 2.24) is 4.90 Å². The first-order chi connectivity index (χ1) is 9.37. The smallest absolute Gasteiger partial charge is 0.414 e. The van der Waals surface area contributed by atoms with Crippen molar-refractivity contribution in [3.05, 3.63) is 47.7 Å². The van der Waals surface area contributed by atoms with E-state index < -0.39 is 28.7 Å².